The Bertz CT molecular complexity index is 716. The molecule has 2 aromatic rings. The van der Waals surface area contributed by atoms with Crippen LogP contribution in [0.1, 0.15) is 24.2 Å². The van der Waals surface area contributed by atoms with Crippen LogP contribution in [0.4, 0.5) is 4.79 Å². The van der Waals surface area contributed by atoms with E-state index in [0.717, 1.165) is 17.8 Å². The predicted molar refractivity (Wildman–Crippen MR) is 90.2 cm³/mol. The van der Waals surface area contributed by atoms with Crippen LogP contribution >= 0.6 is 11.3 Å². The zero-order valence-electron chi connectivity index (χ0n) is 12.7. The van der Waals surface area contributed by atoms with Gasteiger partial charge in [0.15, 0.2) is 9.84 Å². The number of pyridine rings is 1. The van der Waals surface area contributed by atoms with E-state index in [1.807, 2.05) is 6.92 Å². The first-order valence-corrected chi connectivity index (χ1v) is 9.67. The molecule has 0 bridgehead atoms. The van der Waals surface area contributed by atoms with Gasteiger partial charge in [0, 0.05) is 25.5 Å². The van der Waals surface area contributed by atoms with Crippen LogP contribution in [0.15, 0.2) is 46.2 Å². The third kappa shape index (κ3) is 4.52. The van der Waals surface area contributed by atoms with Gasteiger partial charge in [-0.1, -0.05) is 19.1 Å². The van der Waals surface area contributed by atoms with E-state index in [-0.39, 0.29) is 16.8 Å². The summed E-state index contributed by atoms with van der Waals surface area (Å²) >= 11 is 1.16. The first-order valence-electron chi connectivity index (χ1n) is 7.24. The summed E-state index contributed by atoms with van der Waals surface area (Å²) in [5, 5.41) is 6.14. The molecule has 1 atom stereocenters. The minimum absolute atomic E-state index is 0.0124. The number of nitrogens with zero attached hydrogens (tertiary/aromatic N) is 1. The minimum atomic E-state index is -3.59. The van der Waals surface area contributed by atoms with Crippen molar-refractivity contribution in [1.82, 2.24) is 15.6 Å². The van der Waals surface area contributed by atoms with E-state index in [1.54, 1.807) is 35.8 Å². The number of hydrogen-bond acceptors (Lipinski definition) is 5. The molecule has 0 aliphatic rings. The van der Waals surface area contributed by atoms with Gasteiger partial charge in [-0.05, 0) is 29.5 Å². The van der Waals surface area contributed by atoms with Crippen molar-refractivity contribution in [2.45, 2.75) is 22.8 Å². The first kappa shape index (κ1) is 17.4. The lowest BCUT2D eigenvalue weighted by molar-refractivity contribution is 0.241. The lowest BCUT2D eigenvalue weighted by Gasteiger charge is -2.18. The van der Waals surface area contributed by atoms with Gasteiger partial charge in [0.1, 0.15) is 9.46 Å². The normalized spacial score (nSPS) is 12.6. The van der Waals surface area contributed by atoms with Gasteiger partial charge in [0.05, 0.1) is 0 Å². The molecule has 2 rings (SSSR count). The van der Waals surface area contributed by atoms with Gasteiger partial charge in [-0.25, -0.2) is 13.2 Å². The van der Waals surface area contributed by atoms with Crippen LogP contribution < -0.4 is 10.6 Å². The number of hydrogen-bond donors (Lipinski definition) is 2. The van der Waals surface area contributed by atoms with Gasteiger partial charge in [-0.2, -0.15) is 0 Å². The van der Waals surface area contributed by atoms with Crippen molar-refractivity contribution in [1.29, 1.82) is 0 Å². The molecule has 0 aromatic carbocycles. The molecule has 0 fully saturated rings. The summed E-state index contributed by atoms with van der Waals surface area (Å²) in [6.07, 6.45) is 3.91. The fourth-order valence-electron chi connectivity index (χ4n) is 2.03. The van der Waals surface area contributed by atoms with Crippen molar-refractivity contribution in [3.05, 3.63) is 47.6 Å². The van der Waals surface area contributed by atoms with Gasteiger partial charge in [0.2, 0.25) is 0 Å². The number of amides is 2. The second-order valence-corrected chi connectivity index (χ2v) is 8.19. The second-order valence-electron chi connectivity index (χ2n) is 4.89. The summed E-state index contributed by atoms with van der Waals surface area (Å²) in [5.41, 5.74) is 0.552. The summed E-state index contributed by atoms with van der Waals surface area (Å²) in [6, 6.07) is 6.28. The average molecular weight is 353 g/mol. The first-order chi connectivity index (χ1) is 11.1. The van der Waals surface area contributed by atoms with Crippen LogP contribution in [0.5, 0.6) is 0 Å². The number of urea groups is 1. The van der Waals surface area contributed by atoms with Crippen LogP contribution in [-0.2, 0) is 9.84 Å². The van der Waals surface area contributed by atoms with Gasteiger partial charge < -0.3 is 10.6 Å². The third-order valence-electron chi connectivity index (χ3n) is 3.19. The Morgan fingerprint density at radius 2 is 2.13 bits per heavy atom. The quantitative estimate of drug-likeness (QED) is 0.800. The van der Waals surface area contributed by atoms with Crippen molar-refractivity contribution >= 4 is 27.2 Å². The Hall–Kier alpha value is -1.93. The second kappa shape index (κ2) is 8.07. The molecule has 124 valence electrons. The molecular formula is C15H19N3O3S2. The number of aromatic nitrogens is 1. The van der Waals surface area contributed by atoms with Gasteiger partial charge in [-0.15, -0.1) is 11.3 Å². The number of carbonyl (C=O) groups excluding carboxylic acids is 1. The molecule has 2 N–H and O–H groups in total. The molecule has 2 heterocycles. The highest BCUT2D eigenvalue weighted by atomic mass is 32.2. The maximum atomic E-state index is 12.8. The molecular weight excluding hydrogens is 334 g/mol. The lowest BCUT2D eigenvalue weighted by Crippen LogP contribution is -2.39. The van der Waals surface area contributed by atoms with Crippen molar-refractivity contribution in [3.8, 4) is 0 Å². The summed E-state index contributed by atoms with van der Waals surface area (Å²) < 4.78 is 25.9. The molecule has 2 amide bonds. The van der Waals surface area contributed by atoms with Crippen LogP contribution in [0, 0.1) is 0 Å². The largest absolute Gasteiger partial charge is 0.338 e. The van der Waals surface area contributed by atoms with Crippen molar-refractivity contribution < 1.29 is 13.2 Å². The summed E-state index contributed by atoms with van der Waals surface area (Å²) in [6.45, 7) is 2.47. The number of carbonyl (C=O) groups is 1. The van der Waals surface area contributed by atoms with E-state index in [2.05, 4.69) is 15.6 Å². The summed E-state index contributed by atoms with van der Waals surface area (Å²) in [5.74, 6) is 0. The molecule has 8 heteroatoms. The molecule has 0 radical (unpaired) electrons. The van der Waals surface area contributed by atoms with Crippen molar-refractivity contribution in [3.63, 3.8) is 0 Å². The molecule has 0 aliphatic carbocycles. The maximum Gasteiger partial charge on any atom is 0.314 e. The van der Waals surface area contributed by atoms with Crippen LogP contribution in [0.25, 0.3) is 0 Å². The highest BCUT2D eigenvalue weighted by Gasteiger charge is 2.30. The van der Waals surface area contributed by atoms with Crippen molar-refractivity contribution in [2.75, 3.05) is 13.1 Å². The van der Waals surface area contributed by atoms with Gasteiger partial charge >= 0.3 is 6.03 Å². The van der Waals surface area contributed by atoms with E-state index in [1.165, 1.54) is 6.20 Å². The topological polar surface area (TPSA) is 88.2 Å². The van der Waals surface area contributed by atoms with E-state index >= 15 is 0 Å². The minimum Gasteiger partial charge on any atom is -0.338 e. The molecule has 0 aliphatic heterocycles. The van der Waals surface area contributed by atoms with Gasteiger partial charge in [0.25, 0.3) is 0 Å². The Morgan fingerprint density at radius 1 is 1.30 bits per heavy atom. The maximum absolute atomic E-state index is 12.8. The molecule has 0 saturated carbocycles. The number of nitrogens with one attached hydrogen (secondary N) is 2. The SMILES string of the molecule is CCCNC(=O)NC[C@H](c1cccnc1)S(=O)(=O)c1cccs1. The fourth-order valence-corrected chi connectivity index (χ4v) is 4.87. The van der Waals surface area contributed by atoms with Crippen molar-refractivity contribution in [2.24, 2.45) is 0 Å². The van der Waals surface area contributed by atoms with E-state index in [0.29, 0.717) is 12.1 Å². The fraction of sp³-hybridized carbons (Fsp3) is 0.333. The highest BCUT2D eigenvalue weighted by Crippen LogP contribution is 2.30. The standard InChI is InChI=1S/C15H19N3O3S2/c1-2-7-17-15(19)18-11-13(12-5-3-8-16-10-12)23(20,21)14-6-4-9-22-14/h3-6,8-10,13H,2,7,11H2,1H3,(H2,17,18,19)/t13-/m1/s1. The molecule has 0 saturated heterocycles. The lowest BCUT2D eigenvalue weighted by atomic mass is 10.2. The summed E-state index contributed by atoms with van der Waals surface area (Å²) in [7, 11) is -3.59. The highest BCUT2D eigenvalue weighted by molar-refractivity contribution is 7.93. The predicted octanol–water partition coefficient (Wildman–Crippen LogP) is 2.37. The Morgan fingerprint density at radius 3 is 2.74 bits per heavy atom. The average Bonchev–Trinajstić information content (AvgIpc) is 3.09. The molecule has 6 nitrogen and oxygen atoms in total. The van der Waals surface area contributed by atoms with E-state index in [9.17, 15) is 13.2 Å². The molecule has 0 unspecified atom stereocenters. The van der Waals surface area contributed by atoms with E-state index in [4.69, 9.17) is 0 Å². The number of thiophene rings is 1. The van der Waals surface area contributed by atoms with Crippen LogP contribution in [0.2, 0.25) is 0 Å². The van der Waals surface area contributed by atoms with Crippen LogP contribution in [-0.4, -0.2) is 32.5 Å². The molecule has 23 heavy (non-hydrogen) atoms. The Balaban J connectivity index is 2.22. The molecule has 2 aromatic heterocycles. The van der Waals surface area contributed by atoms with Crippen LogP contribution in [0.3, 0.4) is 0 Å². The summed E-state index contributed by atoms with van der Waals surface area (Å²) in [4.78, 5) is 15.7. The van der Waals surface area contributed by atoms with E-state index < -0.39 is 15.1 Å². The smallest absolute Gasteiger partial charge is 0.314 e. The Labute approximate surface area is 139 Å². The number of sulfone groups is 1. The molecule has 0 spiro atoms. The zero-order chi connectivity index (χ0) is 16.7. The van der Waals surface area contributed by atoms with Gasteiger partial charge in [-0.3, -0.25) is 4.98 Å². The number of rotatable bonds is 7. The monoisotopic (exact) mass is 353 g/mol. The third-order valence-corrected chi connectivity index (χ3v) is 6.72. The zero-order valence-corrected chi connectivity index (χ0v) is 14.4. The Kier molecular flexibility index (Phi) is 6.12.